The number of amides is 1. The number of carbonyl (C=O) groups is 1. The Morgan fingerprint density at radius 3 is 2.39 bits per heavy atom. The number of halogens is 1. The topological polar surface area (TPSA) is 55.1 Å². The molecule has 0 aliphatic heterocycles. The zero-order valence-corrected chi connectivity index (χ0v) is 11.8. The van der Waals surface area contributed by atoms with Crippen molar-refractivity contribution < 1.29 is 4.79 Å². The van der Waals surface area contributed by atoms with Crippen LogP contribution in [0.2, 0.25) is 0 Å². The fraction of sp³-hybridized carbons (Fsp3) is 0.0714. The molecular formula is C14H13IN2O. The molecule has 0 fully saturated rings. The van der Waals surface area contributed by atoms with Crippen molar-refractivity contribution in [1.82, 2.24) is 0 Å². The molecule has 0 saturated carbocycles. The maximum Gasteiger partial charge on any atom is 0.248 e. The number of anilines is 1. The summed E-state index contributed by atoms with van der Waals surface area (Å²) in [6.45, 7) is 0.721. The van der Waals surface area contributed by atoms with Crippen molar-refractivity contribution in [2.24, 2.45) is 5.73 Å². The number of rotatable bonds is 4. The molecule has 0 aliphatic rings. The van der Waals surface area contributed by atoms with Crippen LogP contribution in [0.4, 0.5) is 5.69 Å². The minimum Gasteiger partial charge on any atom is -0.380 e. The van der Waals surface area contributed by atoms with Crippen molar-refractivity contribution in [3.05, 3.63) is 63.2 Å². The molecule has 3 nitrogen and oxygen atoms in total. The van der Waals surface area contributed by atoms with Gasteiger partial charge in [0.25, 0.3) is 0 Å². The second kappa shape index (κ2) is 5.86. The Labute approximate surface area is 120 Å². The van der Waals surface area contributed by atoms with Crippen LogP contribution in [0.5, 0.6) is 0 Å². The van der Waals surface area contributed by atoms with E-state index < -0.39 is 5.91 Å². The van der Waals surface area contributed by atoms with Crippen LogP contribution in [-0.4, -0.2) is 5.91 Å². The highest BCUT2D eigenvalue weighted by atomic mass is 127. The first kappa shape index (κ1) is 12.9. The molecule has 2 aromatic carbocycles. The summed E-state index contributed by atoms with van der Waals surface area (Å²) in [7, 11) is 0. The van der Waals surface area contributed by atoms with Crippen LogP contribution >= 0.6 is 22.6 Å². The molecule has 0 aliphatic carbocycles. The number of para-hydroxylation sites is 1. The molecule has 18 heavy (non-hydrogen) atoms. The summed E-state index contributed by atoms with van der Waals surface area (Å²) in [6, 6.07) is 15.4. The van der Waals surface area contributed by atoms with Crippen molar-refractivity contribution in [2.45, 2.75) is 6.54 Å². The van der Waals surface area contributed by atoms with Gasteiger partial charge in [-0.05, 0) is 52.4 Å². The Morgan fingerprint density at radius 2 is 1.78 bits per heavy atom. The maximum absolute atomic E-state index is 10.9. The number of hydrogen-bond acceptors (Lipinski definition) is 2. The molecule has 92 valence electrons. The lowest BCUT2D eigenvalue weighted by molar-refractivity contribution is 0.100. The second-order valence-electron chi connectivity index (χ2n) is 3.89. The second-order valence-corrected chi connectivity index (χ2v) is 5.06. The number of nitrogens with two attached hydrogens (primary N) is 1. The van der Waals surface area contributed by atoms with Crippen LogP contribution in [0.1, 0.15) is 15.9 Å². The lowest BCUT2D eigenvalue weighted by Gasteiger charge is -2.08. The molecule has 0 unspecified atom stereocenters. The standard InChI is InChI=1S/C14H13IN2O/c15-12-3-1-2-4-13(12)17-9-10-5-7-11(8-6-10)14(16)18/h1-8,17H,9H2,(H2,16,18). The third-order valence-electron chi connectivity index (χ3n) is 2.60. The van der Waals surface area contributed by atoms with E-state index >= 15 is 0 Å². The van der Waals surface area contributed by atoms with E-state index in [2.05, 4.69) is 34.0 Å². The Balaban J connectivity index is 2.02. The number of nitrogens with one attached hydrogen (secondary N) is 1. The SMILES string of the molecule is NC(=O)c1ccc(CNc2ccccc2I)cc1. The highest BCUT2D eigenvalue weighted by Gasteiger charge is 2.01. The largest absolute Gasteiger partial charge is 0.380 e. The smallest absolute Gasteiger partial charge is 0.248 e. The molecule has 0 radical (unpaired) electrons. The first-order chi connectivity index (χ1) is 8.66. The average Bonchev–Trinajstić information content (AvgIpc) is 2.38. The molecule has 0 bridgehead atoms. The van der Waals surface area contributed by atoms with Crippen LogP contribution < -0.4 is 11.1 Å². The van der Waals surface area contributed by atoms with Gasteiger partial charge in [0.2, 0.25) is 5.91 Å². The predicted octanol–water partition coefficient (Wildman–Crippen LogP) is 3.00. The molecule has 0 atom stereocenters. The molecule has 2 aromatic rings. The quantitative estimate of drug-likeness (QED) is 0.832. The Bertz CT molecular complexity index is 552. The van der Waals surface area contributed by atoms with Gasteiger partial charge in [-0.1, -0.05) is 24.3 Å². The van der Waals surface area contributed by atoms with Gasteiger partial charge in [0.1, 0.15) is 0 Å². The Kier molecular flexibility index (Phi) is 4.19. The minimum absolute atomic E-state index is 0.396. The van der Waals surface area contributed by atoms with Crippen LogP contribution in [-0.2, 0) is 6.54 Å². The summed E-state index contributed by atoms with van der Waals surface area (Å²) in [5, 5.41) is 3.35. The Hall–Kier alpha value is -1.56. The number of hydrogen-bond donors (Lipinski definition) is 2. The average molecular weight is 352 g/mol. The van der Waals surface area contributed by atoms with Gasteiger partial charge in [-0.3, -0.25) is 4.79 Å². The fourth-order valence-electron chi connectivity index (χ4n) is 1.59. The van der Waals surface area contributed by atoms with Gasteiger partial charge < -0.3 is 11.1 Å². The highest BCUT2D eigenvalue weighted by molar-refractivity contribution is 14.1. The van der Waals surface area contributed by atoms with Crippen molar-refractivity contribution in [2.75, 3.05) is 5.32 Å². The third-order valence-corrected chi connectivity index (χ3v) is 3.54. The summed E-state index contributed by atoms with van der Waals surface area (Å²) in [4.78, 5) is 10.9. The van der Waals surface area contributed by atoms with Crippen molar-refractivity contribution in [3.63, 3.8) is 0 Å². The summed E-state index contributed by atoms with van der Waals surface area (Å²) in [6.07, 6.45) is 0. The van der Waals surface area contributed by atoms with Gasteiger partial charge in [0.15, 0.2) is 0 Å². The summed E-state index contributed by atoms with van der Waals surface area (Å²) in [5.74, 6) is -0.396. The van der Waals surface area contributed by atoms with Gasteiger partial charge in [0.05, 0.1) is 0 Å². The first-order valence-corrected chi connectivity index (χ1v) is 6.62. The normalized spacial score (nSPS) is 10.1. The summed E-state index contributed by atoms with van der Waals surface area (Å²) >= 11 is 2.29. The van der Waals surface area contributed by atoms with E-state index in [-0.39, 0.29) is 0 Å². The lowest BCUT2D eigenvalue weighted by atomic mass is 10.1. The van der Waals surface area contributed by atoms with E-state index in [0.29, 0.717) is 5.56 Å². The molecule has 1 amide bonds. The zero-order valence-electron chi connectivity index (χ0n) is 9.69. The van der Waals surface area contributed by atoms with Gasteiger partial charge in [-0.25, -0.2) is 0 Å². The molecule has 3 N–H and O–H groups in total. The van der Waals surface area contributed by atoms with E-state index in [0.717, 1.165) is 17.8 Å². The minimum atomic E-state index is -0.396. The first-order valence-electron chi connectivity index (χ1n) is 5.54. The molecule has 0 spiro atoms. The van der Waals surface area contributed by atoms with E-state index in [4.69, 9.17) is 5.73 Å². The van der Waals surface area contributed by atoms with Crippen molar-refractivity contribution >= 4 is 34.2 Å². The van der Waals surface area contributed by atoms with Crippen molar-refractivity contribution in [3.8, 4) is 0 Å². The monoisotopic (exact) mass is 352 g/mol. The lowest BCUT2D eigenvalue weighted by Crippen LogP contribution is -2.10. The summed E-state index contributed by atoms with van der Waals surface area (Å²) < 4.78 is 1.18. The maximum atomic E-state index is 10.9. The van der Waals surface area contributed by atoms with Gasteiger partial charge in [-0.2, -0.15) is 0 Å². The van der Waals surface area contributed by atoms with Crippen LogP contribution in [0.15, 0.2) is 48.5 Å². The Morgan fingerprint density at radius 1 is 1.11 bits per heavy atom. The van der Waals surface area contributed by atoms with Gasteiger partial charge in [0, 0.05) is 21.4 Å². The van der Waals surface area contributed by atoms with E-state index in [1.54, 1.807) is 12.1 Å². The third kappa shape index (κ3) is 3.22. The molecule has 0 aromatic heterocycles. The number of carbonyl (C=O) groups excluding carboxylic acids is 1. The van der Waals surface area contributed by atoms with Crippen LogP contribution in [0, 0.1) is 3.57 Å². The number of benzene rings is 2. The fourth-order valence-corrected chi connectivity index (χ4v) is 2.17. The number of primary amides is 1. The molecule has 0 saturated heterocycles. The summed E-state index contributed by atoms with van der Waals surface area (Å²) in [5.41, 5.74) is 7.95. The van der Waals surface area contributed by atoms with E-state index in [1.807, 2.05) is 30.3 Å². The van der Waals surface area contributed by atoms with Crippen LogP contribution in [0.3, 0.4) is 0 Å². The predicted molar refractivity (Wildman–Crippen MR) is 81.4 cm³/mol. The molecule has 0 heterocycles. The zero-order chi connectivity index (χ0) is 13.0. The van der Waals surface area contributed by atoms with Gasteiger partial charge >= 0.3 is 0 Å². The van der Waals surface area contributed by atoms with E-state index in [9.17, 15) is 4.79 Å². The highest BCUT2D eigenvalue weighted by Crippen LogP contribution is 2.17. The van der Waals surface area contributed by atoms with Gasteiger partial charge in [-0.15, -0.1) is 0 Å². The molecular weight excluding hydrogens is 339 g/mol. The van der Waals surface area contributed by atoms with Crippen LogP contribution in [0.25, 0.3) is 0 Å². The van der Waals surface area contributed by atoms with Crippen molar-refractivity contribution in [1.29, 1.82) is 0 Å². The van der Waals surface area contributed by atoms with E-state index in [1.165, 1.54) is 3.57 Å². The molecule has 4 heteroatoms. The molecule has 2 rings (SSSR count).